The van der Waals surface area contributed by atoms with Crippen LogP contribution in [0.1, 0.15) is 5.82 Å². The van der Waals surface area contributed by atoms with Crippen molar-refractivity contribution in [2.45, 2.75) is 6.54 Å². The van der Waals surface area contributed by atoms with Crippen LogP contribution < -0.4 is 5.32 Å². The molecule has 0 bridgehead atoms. The van der Waals surface area contributed by atoms with Crippen LogP contribution in [0.2, 0.25) is 0 Å². The Morgan fingerprint density at radius 3 is 3.06 bits per heavy atom. The highest BCUT2D eigenvalue weighted by Crippen LogP contribution is 2.12. The van der Waals surface area contributed by atoms with Crippen LogP contribution in [-0.2, 0) is 11.3 Å². The van der Waals surface area contributed by atoms with Gasteiger partial charge in [-0.3, -0.25) is 4.79 Å². The van der Waals surface area contributed by atoms with E-state index in [4.69, 9.17) is 5.26 Å². The molecule has 6 nitrogen and oxygen atoms in total. The fraction of sp³-hybridized carbons (Fsp3) is 0.0909. The molecule has 1 aromatic heterocycles. The van der Waals surface area contributed by atoms with E-state index in [2.05, 4.69) is 38.0 Å². The Kier molecular flexibility index (Phi) is 3.88. The lowest BCUT2D eigenvalue weighted by atomic mass is 10.3. The van der Waals surface area contributed by atoms with E-state index in [-0.39, 0.29) is 18.3 Å². The average molecular weight is 353 g/mol. The quantitative estimate of drug-likeness (QED) is 0.846. The van der Waals surface area contributed by atoms with Gasteiger partial charge in [0.05, 0.1) is 0 Å². The van der Waals surface area contributed by atoms with Crippen LogP contribution in [0.15, 0.2) is 30.6 Å². The number of aromatic nitrogens is 3. The Morgan fingerprint density at radius 1 is 1.56 bits per heavy atom. The number of nitriles is 1. The third-order valence-corrected chi connectivity index (χ3v) is 2.72. The van der Waals surface area contributed by atoms with Gasteiger partial charge in [-0.05, 0) is 40.8 Å². The number of carbonyl (C=O) groups is 1. The number of nitrogens with one attached hydrogen (secondary N) is 1. The molecule has 0 saturated carbocycles. The highest BCUT2D eigenvalue weighted by Gasteiger charge is 2.06. The van der Waals surface area contributed by atoms with Crippen LogP contribution in [0.3, 0.4) is 0 Å². The van der Waals surface area contributed by atoms with Crippen LogP contribution in [0.4, 0.5) is 5.69 Å². The van der Waals surface area contributed by atoms with Gasteiger partial charge < -0.3 is 5.32 Å². The number of anilines is 1. The number of amides is 1. The zero-order chi connectivity index (χ0) is 13.0. The molecule has 90 valence electrons. The molecule has 0 atom stereocenters. The van der Waals surface area contributed by atoms with Gasteiger partial charge in [0, 0.05) is 9.26 Å². The first kappa shape index (κ1) is 12.5. The minimum absolute atomic E-state index is 0.0279. The van der Waals surface area contributed by atoms with Gasteiger partial charge in [0.1, 0.15) is 18.9 Å². The summed E-state index contributed by atoms with van der Waals surface area (Å²) < 4.78 is 2.36. The summed E-state index contributed by atoms with van der Waals surface area (Å²) in [4.78, 5) is 15.4. The van der Waals surface area contributed by atoms with Crippen LogP contribution >= 0.6 is 22.6 Å². The molecule has 0 unspecified atom stereocenters. The van der Waals surface area contributed by atoms with Gasteiger partial charge in [0.2, 0.25) is 5.91 Å². The lowest BCUT2D eigenvalue weighted by Gasteiger charge is -2.05. The van der Waals surface area contributed by atoms with Crippen LogP contribution in [-0.4, -0.2) is 20.7 Å². The molecule has 0 saturated heterocycles. The molecule has 2 rings (SSSR count). The van der Waals surface area contributed by atoms with Crippen molar-refractivity contribution in [2.24, 2.45) is 0 Å². The number of rotatable bonds is 3. The summed E-state index contributed by atoms with van der Waals surface area (Å²) in [6, 6.07) is 9.27. The molecule has 1 aromatic carbocycles. The Bertz CT molecular complexity index is 616. The first-order chi connectivity index (χ1) is 8.67. The molecule has 2 aromatic rings. The second-order valence-corrected chi connectivity index (χ2v) is 4.68. The predicted octanol–water partition coefficient (Wildman–Crippen LogP) is 1.39. The van der Waals surface area contributed by atoms with Gasteiger partial charge in [-0.2, -0.15) is 5.26 Å². The molecule has 1 N–H and O–H groups in total. The van der Waals surface area contributed by atoms with E-state index in [0.717, 1.165) is 9.26 Å². The molecule has 0 aliphatic heterocycles. The van der Waals surface area contributed by atoms with E-state index in [0.29, 0.717) is 0 Å². The van der Waals surface area contributed by atoms with Gasteiger partial charge >= 0.3 is 0 Å². The number of nitrogens with zero attached hydrogens (tertiary/aromatic N) is 4. The van der Waals surface area contributed by atoms with Crippen molar-refractivity contribution in [3.63, 3.8) is 0 Å². The number of hydrogen-bond acceptors (Lipinski definition) is 4. The molecular weight excluding hydrogens is 345 g/mol. The van der Waals surface area contributed by atoms with E-state index in [1.807, 2.05) is 24.3 Å². The normalized spacial score (nSPS) is 9.78. The number of hydrogen-bond donors (Lipinski definition) is 1. The summed E-state index contributed by atoms with van der Waals surface area (Å²) in [5.74, 6) is -0.163. The molecule has 1 heterocycles. The second kappa shape index (κ2) is 5.59. The van der Waals surface area contributed by atoms with Gasteiger partial charge in [-0.1, -0.05) is 6.07 Å². The summed E-state index contributed by atoms with van der Waals surface area (Å²) in [6.45, 7) is 0.0279. The fourth-order valence-corrected chi connectivity index (χ4v) is 1.88. The van der Waals surface area contributed by atoms with Crippen molar-refractivity contribution in [2.75, 3.05) is 5.32 Å². The van der Waals surface area contributed by atoms with E-state index >= 15 is 0 Å². The van der Waals surface area contributed by atoms with Gasteiger partial charge in [0.25, 0.3) is 5.82 Å². The average Bonchev–Trinajstić information content (AvgIpc) is 2.76. The standard InChI is InChI=1S/C11H8IN5O/c12-8-2-1-3-9(4-8)15-11(18)6-17-7-14-10(5-13)16-17/h1-4,7H,6H2,(H,15,18). The molecular formula is C11H8IN5O. The molecule has 0 spiro atoms. The highest BCUT2D eigenvalue weighted by atomic mass is 127. The van der Waals surface area contributed by atoms with Crippen molar-refractivity contribution >= 4 is 34.2 Å². The molecule has 18 heavy (non-hydrogen) atoms. The monoisotopic (exact) mass is 353 g/mol. The SMILES string of the molecule is N#Cc1ncn(CC(=O)Nc2cccc(I)c2)n1. The van der Waals surface area contributed by atoms with Crippen molar-refractivity contribution in [1.29, 1.82) is 5.26 Å². The summed E-state index contributed by atoms with van der Waals surface area (Å²) in [7, 11) is 0. The van der Waals surface area contributed by atoms with Crippen LogP contribution in [0.5, 0.6) is 0 Å². The van der Waals surface area contributed by atoms with Crippen molar-refractivity contribution in [3.8, 4) is 6.07 Å². The van der Waals surface area contributed by atoms with E-state index in [1.54, 1.807) is 6.07 Å². The maximum Gasteiger partial charge on any atom is 0.252 e. The second-order valence-electron chi connectivity index (χ2n) is 3.44. The molecule has 1 amide bonds. The minimum Gasteiger partial charge on any atom is -0.324 e. The molecule has 0 aliphatic rings. The number of halogens is 1. The molecule has 0 aliphatic carbocycles. The summed E-state index contributed by atoms with van der Waals surface area (Å²) in [6.07, 6.45) is 1.35. The van der Waals surface area contributed by atoms with Crippen LogP contribution in [0, 0.1) is 14.9 Å². The largest absolute Gasteiger partial charge is 0.324 e. The van der Waals surface area contributed by atoms with E-state index < -0.39 is 0 Å². The topological polar surface area (TPSA) is 83.6 Å². The number of benzene rings is 1. The maximum absolute atomic E-state index is 11.7. The van der Waals surface area contributed by atoms with Crippen molar-refractivity contribution < 1.29 is 4.79 Å². The first-order valence-corrected chi connectivity index (χ1v) is 6.10. The predicted molar refractivity (Wildman–Crippen MR) is 72.5 cm³/mol. The van der Waals surface area contributed by atoms with E-state index in [1.165, 1.54) is 11.0 Å². The zero-order valence-electron chi connectivity index (χ0n) is 9.17. The molecule has 0 fully saturated rings. The summed E-state index contributed by atoms with van der Waals surface area (Å²) in [5.41, 5.74) is 0.729. The molecule has 7 heteroatoms. The summed E-state index contributed by atoms with van der Waals surface area (Å²) >= 11 is 2.17. The van der Waals surface area contributed by atoms with E-state index in [9.17, 15) is 4.79 Å². The van der Waals surface area contributed by atoms with Gasteiger partial charge in [-0.15, -0.1) is 5.10 Å². The van der Waals surface area contributed by atoms with Gasteiger partial charge in [0.15, 0.2) is 0 Å². The lowest BCUT2D eigenvalue weighted by Crippen LogP contribution is -2.19. The third kappa shape index (κ3) is 3.27. The summed E-state index contributed by atoms with van der Waals surface area (Å²) in [5, 5.41) is 15.1. The number of carbonyl (C=O) groups excluding carboxylic acids is 1. The fourth-order valence-electron chi connectivity index (χ4n) is 1.34. The Labute approximate surface area is 117 Å². The third-order valence-electron chi connectivity index (χ3n) is 2.05. The Hall–Kier alpha value is -1.95. The minimum atomic E-state index is -0.216. The highest BCUT2D eigenvalue weighted by molar-refractivity contribution is 14.1. The molecule has 0 radical (unpaired) electrons. The first-order valence-electron chi connectivity index (χ1n) is 5.02. The van der Waals surface area contributed by atoms with Crippen LogP contribution in [0.25, 0.3) is 0 Å². The maximum atomic E-state index is 11.7. The lowest BCUT2D eigenvalue weighted by molar-refractivity contribution is -0.116. The Morgan fingerprint density at radius 2 is 2.39 bits per heavy atom. The van der Waals surface area contributed by atoms with Gasteiger partial charge in [-0.25, -0.2) is 9.67 Å². The van der Waals surface area contributed by atoms with Crippen molar-refractivity contribution in [1.82, 2.24) is 14.8 Å². The Balaban J connectivity index is 1.99. The van der Waals surface area contributed by atoms with Crippen molar-refractivity contribution in [3.05, 3.63) is 40.0 Å². The smallest absolute Gasteiger partial charge is 0.252 e. The zero-order valence-corrected chi connectivity index (χ0v) is 11.3.